The molecule has 78 valence electrons. The SMILES string of the molecule is C=C([Si]c1ccccc1)c1ccc(F)cc1. The van der Waals surface area contributed by atoms with Crippen molar-refractivity contribution in [3.63, 3.8) is 0 Å². The topological polar surface area (TPSA) is 0 Å². The number of hydrogen-bond acceptors (Lipinski definition) is 0. The van der Waals surface area contributed by atoms with Crippen LogP contribution in [0, 0.1) is 5.82 Å². The van der Waals surface area contributed by atoms with Gasteiger partial charge in [0.1, 0.15) is 15.3 Å². The van der Waals surface area contributed by atoms with E-state index in [9.17, 15) is 4.39 Å². The molecular formula is C14H11FSi. The van der Waals surface area contributed by atoms with E-state index in [-0.39, 0.29) is 5.82 Å². The van der Waals surface area contributed by atoms with Crippen molar-refractivity contribution in [2.75, 3.05) is 0 Å². The summed E-state index contributed by atoms with van der Waals surface area (Å²) in [4.78, 5) is 0. The van der Waals surface area contributed by atoms with Crippen molar-refractivity contribution < 1.29 is 4.39 Å². The lowest BCUT2D eigenvalue weighted by atomic mass is 10.2. The molecule has 0 N–H and O–H groups in total. The molecule has 0 bridgehead atoms. The maximum atomic E-state index is 12.7. The first-order valence-corrected chi connectivity index (χ1v) is 6.02. The Bertz CT molecular complexity index is 474. The molecule has 0 nitrogen and oxygen atoms in total. The van der Waals surface area contributed by atoms with Crippen LogP contribution in [0.15, 0.2) is 61.2 Å². The summed E-state index contributed by atoms with van der Waals surface area (Å²) < 4.78 is 12.7. The lowest BCUT2D eigenvalue weighted by Crippen LogP contribution is -2.14. The quantitative estimate of drug-likeness (QED) is 0.706. The van der Waals surface area contributed by atoms with Crippen LogP contribution in [0.25, 0.3) is 5.20 Å². The third-order valence-electron chi connectivity index (χ3n) is 2.26. The van der Waals surface area contributed by atoms with Gasteiger partial charge in [0.2, 0.25) is 0 Å². The summed E-state index contributed by atoms with van der Waals surface area (Å²) in [6, 6.07) is 16.7. The highest BCUT2D eigenvalue weighted by atomic mass is 28.2. The van der Waals surface area contributed by atoms with Crippen molar-refractivity contribution in [3.8, 4) is 0 Å². The summed E-state index contributed by atoms with van der Waals surface area (Å²) in [5.74, 6) is -0.209. The number of benzene rings is 2. The van der Waals surface area contributed by atoms with E-state index < -0.39 is 0 Å². The van der Waals surface area contributed by atoms with Gasteiger partial charge in [0.15, 0.2) is 0 Å². The van der Waals surface area contributed by atoms with Gasteiger partial charge in [0.25, 0.3) is 0 Å². The number of hydrogen-bond donors (Lipinski definition) is 0. The fourth-order valence-electron chi connectivity index (χ4n) is 1.42. The van der Waals surface area contributed by atoms with Gasteiger partial charge >= 0.3 is 0 Å². The Morgan fingerprint density at radius 1 is 0.938 bits per heavy atom. The molecule has 0 saturated carbocycles. The average Bonchev–Trinajstić information content (AvgIpc) is 2.31. The van der Waals surface area contributed by atoms with Gasteiger partial charge in [0, 0.05) is 0 Å². The van der Waals surface area contributed by atoms with Crippen LogP contribution < -0.4 is 5.19 Å². The molecule has 0 atom stereocenters. The molecule has 2 heteroatoms. The minimum atomic E-state index is -0.209. The van der Waals surface area contributed by atoms with Crippen LogP contribution >= 0.6 is 0 Å². The molecule has 0 aliphatic heterocycles. The smallest absolute Gasteiger partial charge is 0.123 e. The van der Waals surface area contributed by atoms with E-state index >= 15 is 0 Å². The van der Waals surface area contributed by atoms with Crippen LogP contribution in [-0.4, -0.2) is 9.52 Å². The van der Waals surface area contributed by atoms with Gasteiger partial charge < -0.3 is 0 Å². The van der Waals surface area contributed by atoms with Crippen LogP contribution in [0.5, 0.6) is 0 Å². The summed E-state index contributed by atoms with van der Waals surface area (Å²) in [5.41, 5.74) is 1.00. The fourth-order valence-corrected chi connectivity index (χ4v) is 2.44. The zero-order valence-corrected chi connectivity index (χ0v) is 9.78. The first-order chi connectivity index (χ1) is 7.75. The standard InChI is InChI=1S/C14H11FSi/c1-11(12-7-9-13(15)10-8-12)16-14-5-3-2-4-6-14/h2-10H,1H2. The predicted octanol–water partition coefficient (Wildman–Crippen LogP) is 2.83. The van der Waals surface area contributed by atoms with Crippen molar-refractivity contribution in [1.29, 1.82) is 0 Å². The fraction of sp³-hybridized carbons (Fsp3) is 0. The van der Waals surface area contributed by atoms with Gasteiger partial charge in [-0.15, -0.1) is 0 Å². The summed E-state index contributed by atoms with van der Waals surface area (Å²) in [5, 5.41) is 2.28. The highest BCUT2D eigenvalue weighted by molar-refractivity contribution is 6.72. The zero-order chi connectivity index (χ0) is 11.4. The lowest BCUT2D eigenvalue weighted by molar-refractivity contribution is 0.628. The zero-order valence-electron chi connectivity index (χ0n) is 8.78. The molecule has 2 rings (SSSR count). The second kappa shape index (κ2) is 4.90. The Hall–Kier alpha value is -1.67. The molecule has 0 aromatic heterocycles. The monoisotopic (exact) mass is 226 g/mol. The van der Waals surface area contributed by atoms with Crippen molar-refractivity contribution in [2.24, 2.45) is 0 Å². The molecule has 0 amide bonds. The minimum absolute atomic E-state index is 0.209. The normalized spacial score (nSPS) is 10.1. The van der Waals surface area contributed by atoms with Crippen molar-refractivity contribution in [2.45, 2.75) is 0 Å². The summed E-state index contributed by atoms with van der Waals surface area (Å²) >= 11 is 0. The van der Waals surface area contributed by atoms with Gasteiger partial charge in [-0.3, -0.25) is 0 Å². The van der Waals surface area contributed by atoms with E-state index in [1.54, 1.807) is 12.1 Å². The van der Waals surface area contributed by atoms with Crippen LogP contribution in [-0.2, 0) is 0 Å². The third-order valence-corrected chi connectivity index (χ3v) is 3.47. The molecule has 0 fully saturated rings. The molecule has 2 aromatic carbocycles. The molecule has 16 heavy (non-hydrogen) atoms. The van der Waals surface area contributed by atoms with Crippen molar-refractivity contribution in [3.05, 3.63) is 72.6 Å². The predicted molar refractivity (Wildman–Crippen MR) is 67.3 cm³/mol. The van der Waals surface area contributed by atoms with Gasteiger partial charge in [-0.05, 0) is 17.7 Å². The first kappa shape index (κ1) is 10.8. The second-order valence-electron chi connectivity index (χ2n) is 3.48. The molecule has 0 unspecified atom stereocenters. The molecule has 2 radical (unpaired) electrons. The lowest BCUT2D eigenvalue weighted by Gasteiger charge is -2.04. The van der Waals surface area contributed by atoms with E-state index in [0.29, 0.717) is 9.52 Å². The average molecular weight is 226 g/mol. The van der Waals surface area contributed by atoms with E-state index in [2.05, 4.69) is 18.7 Å². The van der Waals surface area contributed by atoms with Gasteiger partial charge in [-0.25, -0.2) is 4.39 Å². The van der Waals surface area contributed by atoms with E-state index in [0.717, 1.165) is 10.8 Å². The van der Waals surface area contributed by atoms with Crippen LogP contribution in [0.2, 0.25) is 0 Å². The molecule has 0 aliphatic rings. The summed E-state index contributed by atoms with van der Waals surface area (Å²) in [6.07, 6.45) is 0. The highest BCUT2D eigenvalue weighted by Gasteiger charge is 2.02. The maximum Gasteiger partial charge on any atom is 0.123 e. The Morgan fingerprint density at radius 3 is 2.19 bits per heavy atom. The van der Waals surface area contributed by atoms with E-state index in [1.165, 1.54) is 17.3 Å². The van der Waals surface area contributed by atoms with Crippen LogP contribution in [0.3, 0.4) is 0 Å². The van der Waals surface area contributed by atoms with Crippen molar-refractivity contribution in [1.82, 2.24) is 0 Å². The Kier molecular flexibility index (Phi) is 3.32. The maximum absolute atomic E-state index is 12.7. The van der Waals surface area contributed by atoms with E-state index in [4.69, 9.17) is 0 Å². The Labute approximate surface area is 97.3 Å². The highest BCUT2D eigenvalue weighted by Crippen LogP contribution is 2.11. The molecule has 2 aromatic rings. The second-order valence-corrected chi connectivity index (χ2v) is 4.91. The third kappa shape index (κ3) is 2.67. The number of rotatable bonds is 3. The molecule has 0 saturated heterocycles. The van der Waals surface area contributed by atoms with Crippen LogP contribution in [0.4, 0.5) is 4.39 Å². The van der Waals surface area contributed by atoms with Gasteiger partial charge in [-0.2, -0.15) is 0 Å². The van der Waals surface area contributed by atoms with Crippen molar-refractivity contribution >= 4 is 19.9 Å². The number of halogens is 1. The minimum Gasteiger partial charge on any atom is -0.207 e. The summed E-state index contributed by atoms with van der Waals surface area (Å²) in [6.45, 7) is 4.04. The van der Waals surface area contributed by atoms with Gasteiger partial charge in [-0.1, -0.05) is 59.4 Å². The Balaban J connectivity index is 2.12. The largest absolute Gasteiger partial charge is 0.207 e. The summed E-state index contributed by atoms with van der Waals surface area (Å²) in [7, 11) is 0.536. The molecule has 0 spiro atoms. The molecular weight excluding hydrogens is 215 g/mol. The Morgan fingerprint density at radius 2 is 1.56 bits per heavy atom. The van der Waals surface area contributed by atoms with Gasteiger partial charge in [0.05, 0.1) is 0 Å². The van der Waals surface area contributed by atoms with Crippen LogP contribution in [0.1, 0.15) is 5.56 Å². The molecule has 0 heterocycles. The molecule has 0 aliphatic carbocycles. The van der Waals surface area contributed by atoms with E-state index in [1.807, 2.05) is 18.2 Å². The first-order valence-electron chi connectivity index (χ1n) is 5.02.